The summed E-state index contributed by atoms with van der Waals surface area (Å²) in [6.45, 7) is 7.73. The standard InChI is InChI=1S/C10H20N2O2.Li/c1-5-7(3)11-9(10(13)14)12-8(4)6-2;/h7-8H,5-6H2,1-4H3,(H,11,12)(H,13,14);/q;+1/p-1. The van der Waals surface area contributed by atoms with Crippen molar-refractivity contribution < 1.29 is 28.8 Å². The first-order valence-electron chi connectivity index (χ1n) is 5.06. The van der Waals surface area contributed by atoms with Crippen LogP contribution in [0.3, 0.4) is 0 Å². The van der Waals surface area contributed by atoms with Crippen LogP contribution in [0, 0.1) is 0 Å². The Kier molecular flexibility index (Phi) is 9.96. The van der Waals surface area contributed by atoms with Crippen LogP contribution >= 0.6 is 0 Å². The van der Waals surface area contributed by atoms with E-state index >= 15 is 0 Å². The molecule has 0 saturated heterocycles. The Hall–Kier alpha value is -0.463. The van der Waals surface area contributed by atoms with Crippen LogP contribution in [0.5, 0.6) is 0 Å². The predicted molar refractivity (Wildman–Crippen MR) is 55.1 cm³/mol. The van der Waals surface area contributed by atoms with E-state index in [9.17, 15) is 9.90 Å². The van der Waals surface area contributed by atoms with Crippen LogP contribution in [0.15, 0.2) is 4.99 Å². The Labute approximate surface area is 104 Å². The predicted octanol–water partition coefficient (Wildman–Crippen LogP) is -2.67. The molecule has 0 aliphatic rings. The molecule has 0 aromatic rings. The average Bonchev–Trinajstić information content (AvgIpc) is 2.16. The quantitative estimate of drug-likeness (QED) is 0.310. The number of nitrogens with one attached hydrogen (secondary N) is 1. The van der Waals surface area contributed by atoms with Crippen molar-refractivity contribution in [2.24, 2.45) is 4.99 Å². The number of carbonyl (C=O) groups excluding carboxylic acids is 1. The van der Waals surface area contributed by atoms with Gasteiger partial charge in [-0.1, -0.05) is 13.8 Å². The molecular weight excluding hydrogens is 187 g/mol. The SMILES string of the molecule is CCC(C)N=C(NC(C)CC)C(=O)[O-].[Li+]. The fraction of sp³-hybridized carbons (Fsp3) is 0.800. The first kappa shape index (κ1) is 16.9. The Morgan fingerprint density at radius 2 is 1.87 bits per heavy atom. The third-order valence-electron chi connectivity index (χ3n) is 2.13. The van der Waals surface area contributed by atoms with E-state index < -0.39 is 5.97 Å². The molecule has 0 rings (SSSR count). The Morgan fingerprint density at radius 3 is 2.20 bits per heavy atom. The summed E-state index contributed by atoms with van der Waals surface area (Å²) in [6.07, 6.45) is 1.67. The van der Waals surface area contributed by atoms with Crippen molar-refractivity contribution in [2.45, 2.75) is 52.6 Å². The molecule has 1 N–H and O–H groups in total. The van der Waals surface area contributed by atoms with Crippen LogP contribution in [0.4, 0.5) is 0 Å². The molecule has 0 heterocycles. The zero-order chi connectivity index (χ0) is 11.1. The van der Waals surface area contributed by atoms with E-state index in [1.54, 1.807) is 0 Å². The second-order valence-corrected chi connectivity index (χ2v) is 3.48. The maximum absolute atomic E-state index is 10.7. The molecular formula is C10H19LiN2O2. The van der Waals surface area contributed by atoms with Crippen molar-refractivity contribution >= 4 is 11.8 Å². The first-order valence-corrected chi connectivity index (χ1v) is 5.06. The fourth-order valence-electron chi connectivity index (χ4n) is 0.796. The molecule has 0 radical (unpaired) electrons. The van der Waals surface area contributed by atoms with Crippen molar-refractivity contribution in [1.29, 1.82) is 0 Å². The molecule has 5 heteroatoms. The Morgan fingerprint density at radius 1 is 1.33 bits per heavy atom. The largest absolute Gasteiger partial charge is 1.00 e. The second-order valence-electron chi connectivity index (χ2n) is 3.48. The van der Waals surface area contributed by atoms with Crippen molar-refractivity contribution in [1.82, 2.24) is 5.32 Å². The summed E-state index contributed by atoms with van der Waals surface area (Å²) >= 11 is 0. The average molecular weight is 206 g/mol. The van der Waals surface area contributed by atoms with Gasteiger partial charge in [-0.25, -0.2) is 0 Å². The molecule has 2 unspecified atom stereocenters. The van der Waals surface area contributed by atoms with E-state index in [2.05, 4.69) is 10.3 Å². The van der Waals surface area contributed by atoms with E-state index in [4.69, 9.17) is 0 Å². The van der Waals surface area contributed by atoms with Crippen LogP contribution < -0.4 is 29.3 Å². The molecule has 2 atom stereocenters. The Bertz CT molecular complexity index is 219. The van der Waals surface area contributed by atoms with Gasteiger partial charge in [0.15, 0.2) is 0 Å². The van der Waals surface area contributed by atoms with Crippen molar-refractivity contribution in [3.8, 4) is 0 Å². The maximum atomic E-state index is 10.7. The number of hydrogen-bond acceptors (Lipinski definition) is 3. The van der Waals surface area contributed by atoms with Gasteiger partial charge in [-0.05, 0) is 26.7 Å². The van der Waals surface area contributed by atoms with Gasteiger partial charge in [-0.15, -0.1) is 0 Å². The zero-order valence-corrected chi connectivity index (χ0v) is 10.3. The number of amidine groups is 1. The van der Waals surface area contributed by atoms with Crippen molar-refractivity contribution in [3.05, 3.63) is 0 Å². The molecule has 0 amide bonds. The van der Waals surface area contributed by atoms with E-state index in [-0.39, 0.29) is 36.8 Å². The second kappa shape index (κ2) is 8.81. The molecule has 15 heavy (non-hydrogen) atoms. The molecule has 82 valence electrons. The summed E-state index contributed by atoms with van der Waals surface area (Å²) in [7, 11) is 0. The zero-order valence-electron chi connectivity index (χ0n) is 10.3. The number of hydrogen-bond donors (Lipinski definition) is 1. The summed E-state index contributed by atoms with van der Waals surface area (Å²) in [6, 6.07) is 0.121. The van der Waals surface area contributed by atoms with Crippen molar-refractivity contribution in [3.63, 3.8) is 0 Å². The van der Waals surface area contributed by atoms with Crippen LogP contribution in [-0.4, -0.2) is 23.9 Å². The number of carboxylic acids is 1. The van der Waals surface area contributed by atoms with Gasteiger partial charge in [0.25, 0.3) is 0 Å². The minimum Gasteiger partial charge on any atom is -0.542 e. The number of carboxylic acid groups (broad SMARTS) is 1. The summed E-state index contributed by atoms with van der Waals surface area (Å²) in [5.41, 5.74) is 0. The van der Waals surface area contributed by atoms with E-state index in [0.717, 1.165) is 12.8 Å². The van der Waals surface area contributed by atoms with Gasteiger partial charge in [0, 0.05) is 12.1 Å². The van der Waals surface area contributed by atoms with Crippen LogP contribution in [0.25, 0.3) is 0 Å². The number of carbonyl (C=O) groups is 1. The molecule has 0 fully saturated rings. The normalized spacial score (nSPS) is 15.1. The van der Waals surface area contributed by atoms with Gasteiger partial charge in [-0.2, -0.15) is 0 Å². The van der Waals surface area contributed by atoms with E-state index in [0.29, 0.717) is 0 Å². The number of aliphatic carboxylic acids is 1. The van der Waals surface area contributed by atoms with Crippen LogP contribution in [-0.2, 0) is 4.79 Å². The smallest absolute Gasteiger partial charge is 0.542 e. The Balaban J connectivity index is 0. The fourth-order valence-corrected chi connectivity index (χ4v) is 0.796. The number of rotatable bonds is 4. The molecule has 4 nitrogen and oxygen atoms in total. The molecule has 0 spiro atoms. The van der Waals surface area contributed by atoms with Gasteiger partial charge in [0.1, 0.15) is 11.8 Å². The molecule has 0 aromatic heterocycles. The molecule has 0 aliphatic heterocycles. The van der Waals surface area contributed by atoms with Crippen LogP contribution in [0.1, 0.15) is 40.5 Å². The number of nitrogens with zero attached hydrogens (tertiary/aromatic N) is 1. The van der Waals surface area contributed by atoms with E-state index in [1.807, 2.05) is 27.7 Å². The molecule has 0 saturated carbocycles. The summed E-state index contributed by atoms with van der Waals surface area (Å²) in [5.74, 6) is -1.26. The van der Waals surface area contributed by atoms with Gasteiger partial charge in [-0.3, -0.25) is 4.99 Å². The summed E-state index contributed by atoms with van der Waals surface area (Å²) < 4.78 is 0. The summed E-state index contributed by atoms with van der Waals surface area (Å²) in [4.78, 5) is 14.7. The first-order chi connectivity index (χ1) is 6.51. The molecule has 0 bridgehead atoms. The minimum absolute atomic E-state index is 0. The van der Waals surface area contributed by atoms with Gasteiger partial charge >= 0.3 is 18.9 Å². The number of aliphatic imine (C=N–C) groups is 1. The van der Waals surface area contributed by atoms with Gasteiger partial charge in [0.2, 0.25) is 0 Å². The topological polar surface area (TPSA) is 64.5 Å². The maximum Gasteiger partial charge on any atom is 1.00 e. The van der Waals surface area contributed by atoms with E-state index in [1.165, 1.54) is 0 Å². The molecule has 0 aromatic carbocycles. The third-order valence-corrected chi connectivity index (χ3v) is 2.13. The van der Waals surface area contributed by atoms with Gasteiger partial charge < -0.3 is 15.2 Å². The minimum atomic E-state index is -1.23. The van der Waals surface area contributed by atoms with Crippen LogP contribution in [0.2, 0.25) is 0 Å². The third kappa shape index (κ3) is 7.46. The monoisotopic (exact) mass is 206 g/mol. The van der Waals surface area contributed by atoms with Gasteiger partial charge in [0.05, 0.1) is 0 Å². The van der Waals surface area contributed by atoms with Crippen molar-refractivity contribution in [2.75, 3.05) is 0 Å². The molecule has 0 aliphatic carbocycles. The summed E-state index contributed by atoms with van der Waals surface area (Å²) in [5, 5.41) is 13.5.